The van der Waals surface area contributed by atoms with Crippen molar-refractivity contribution in [3.05, 3.63) is 35.3 Å². The van der Waals surface area contributed by atoms with Crippen LogP contribution >= 0.6 is 7.82 Å². The quantitative estimate of drug-likeness (QED) is 0.0999. The zero-order chi connectivity index (χ0) is 30.6. The Balaban J connectivity index is 1.20. The van der Waals surface area contributed by atoms with Crippen LogP contribution in [0, 0.1) is 0 Å². The predicted molar refractivity (Wildman–Crippen MR) is 143 cm³/mol. The zero-order valence-electron chi connectivity index (χ0n) is 22.3. The molecule has 0 spiro atoms. The molecule has 6 heterocycles. The van der Waals surface area contributed by atoms with E-state index in [0.29, 0.717) is 11.0 Å². The molecule has 232 valence electrons. The summed E-state index contributed by atoms with van der Waals surface area (Å²) in [5.41, 5.74) is 11.0. The molecule has 2 aliphatic heterocycles. The first-order valence-electron chi connectivity index (χ1n) is 12.9. The minimum absolute atomic E-state index is 0.0988. The number of imidazole rings is 1. The van der Waals surface area contributed by atoms with E-state index >= 15 is 0 Å². The number of H-pyrrole nitrogens is 1. The van der Waals surface area contributed by atoms with Gasteiger partial charge in [0.25, 0.3) is 5.56 Å². The van der Waals surface area contributed by atoms with E-state index in [-0.39, 0.29) is 29.5 Å². The van der Waals surface area contributed by atoms with Gasteiger partial charge in [0.2, 0.25) is 5.95 Å². The van der Waals surface area contributed by atoms with E-state index < -0.39 is 69.3 Å². The van der Waals surface area contributed by atoms with E-state index in [0.717, 1.165) is 10.9 Å². The molecule has 21 heteroatoms. The lowest BCUT2D eigenvalue weighted by molar-refractivity contribution is -0.141. The maximum atomic E-state index is 13.1. The van der Waals surface area contributed by atoms with Crippen LogP contribution in [0.25, 0.3) is 22.2 Å². The lowest BCUT2D eigenvalue weighted by Gasteiger charge is -2.25. The normalized spacial score (nSPS) is 30.8. The van der Waals surface area contributed by atoms with Gasteiger partial charge in [-0.3, -0.25) is 23.4 Å². The Labute approximate surface area is 240 Å². The third kappa shape index (κ3) is 5.27. The second-order valence-corrected chi connectivity index (χ2v) is 11.1. The maximum Gasteiger partial charge on any atom is 0.472 e. The number of aliphatic hydroxyl groups is 3. The number of fused-ring (bicyclic) bond motifs is 2. The second-order valence-electron chi connectivity index (χ2n) is 9.71. The molecule has 2 aliphatic rings. The first-order chi connectivity index (χ1) is 20.5. The molecule has 0 radical (unpaired) electrons. The SMILES string of the molecule is CCOC1C(COP(=O)(O)OC2C(O)C(O)OC2n2cnc3c(=O)[nH]c(N)nc32)OC(n2ccc3c(N)ncnc32)C1O. The molecular formula is C22H28N9O11P. The topological polar surface area (TPSA) is 290 Å². The molecule has 4 aromatic heterocycles. The summed E-state index contributed by atoms with van der Waals surface area (Å²) in [4.78, 5) is 41.1. The van der Waals surface area contributed by atoms with Gasteiger partial charge in [-0.05, 0) is 13.0 Å². The lowest BCUT2D eigenvalue weighted by Crippen LogP contribution is -2.37. The van der Waals surface area contributed by atoms with Crippen molar-refractivity contribution in [3.8, 4) is 0 Å². The number of nitrogen functional groups attached to an aromatic ring is 2. The van der Waals surface area contributed by atoms with Gasteiger partial charge in [-0.1, -0.05) is 0 Å². The van der Waals surface area contributed by atoms with Crippen LogP contribution in [0.15, 0.2) is 29.7 Å². The minimum atomic E-state index is -5.03. The fourth-order valence-corrected chi connectivity index (χ4v) is 6.06. The second kappa shape index (κ2) is 11.2. The Morgan fingerprint density at radius 1 is 1.07 bits per heavy atom. The number of rotatable bonds is 9. The zero-order valence-corrected chi connectivity index (χ0v) is 23.2. The molecule has 43 heavy (non-hydrogen) atoms. The molecule has 0 aromatic carbocycles. The molecule has 0 bridgehead atoms. The van der Waals surface area contributed by atoms with E-state index in [1.54, 1.807) is 19.2 Å². The van der Waals surface area contributed by atoms with Crippen molar-refractivity contribution in [1.82, 2.24) is 34.1 Å². The minimum Gasteiger partial charge on any atom is -0.386 e. The van der Waals surface area contributed by atoms with Gasteiger partial charge in [-0.15, -0.1) is 0 Å². The number of hydrogen-bond donors (Lipinski definition) is 7. The molecular weight excluding hydrogens is 597 g/mol. The highest BCUT2D eigenvalue weighted by Crippen LogP contribution is 2.50. The van der Waals surface area contributed by atoms with Crippen LogP contribution < -0.4 is 17.0 Å². The number of aliphatic hydroxyl groups excluding tert-OH is 3. The van der Waals surface area contributed by atoms with Crippen molar-refractivity contribution < 1.29 is 48.0 Å². The highest BCUT2D eigenvalue weighted by atomic mass is 31.2. The number of ether oxygens (including phenoxy) is 3. The van der Waals surface area contributed by atoms with Crippen LogP contribution in [-0.4, -0.2) is 104 Å². The maximum absolute atomic E-state index is 13.1. The Morgan fingerprint density at radius 3 is 2.63 bits per heavy atom. The van der Waals surface area contributed by atoms with Crippen molar-refractivity contribution in [2.75, 3.05) is 24.7 Å². The van der Waals surface area contributed by atoms with Crippen LogP contribution in [0.4, 0.5) is 11.8 Å². The first kappa shape index (κ1) is 29.5. The van der Waals surface area contributed by atoms with Gasteiger partial charge in [-0.25, -0.2) is 19.5 Å². The Bertz CT molecular complexity index is 1750. The monoisotopic (exact) mass is 625 g/mol. The molecule has 9 N–H and O–H groups in total. The van der Waals surface area contributed by atoms with E-state index in [1.165, 1.54) is 10.9 Å². The summed E-state index contributed by atoms with van der Waals surface area (Å²) in [6.07, 6.45) is -7.23. The number of phosphoric ester groups is 1. The van der Waals surface area contributed by atoms with Gasteiger partial charge in [0, 0.05) is 12.8 Å². The van der Waals surface area contributed by atoms with Crippen molar-refractivity contribution in [1.29, 1.82) is 0 Å². The summed E-state index contributed by atoms with van der Waals surface area (Å²) >= 11 is 0. The average molecular weight is 625 g/mol. The third-order valence-corrected chi connectivity index (χ3v) is 8.04. The Hall–Kier alpha value is -3.56. The number of hydrogen-bond acceptors (Lipinski definition) is 16. The van der Waals surface area contributed by atoms with E-state index in [2.05, 4.69) is 24.9 Å². The average Bonchev–Trinajstić information content (AvgIpc) is 3.70. The number of aromatic nitrogens is 7. The fraction of sp³-hybridized carbons (Fsp3) is 0.500. The van der Waals surface area contributed by atoms with E-state index in [4.69, 9.17) is 34.7 Å². The van der Waals surface area contributed by atoms with Crippen LogP contribution in [0.5, 0.6) is 0 Å². The molecule has 4 aromatic rings. The number of nitrogens with zero attached hydrogens (tertiary/aromatic N) is 6. The molecule has 9 atom stereocenters. The fourth-order valence-electron chi connectivity index (χ4n) is 5.13. The Morgan fingerprint density at radius 2 is 1.86 bits per heavy atom. The molecule has 20 nitrogen and oxygen atoms in total. The smallest absolute Gasteiger partial charge is 0.386 e. The molecule has 0 aliphatic carbocycles. The van der Waals surface area contributed by atoms with Crippen LogP contribution in [0.2, 0.25) is 0 Å². The van der Waals surface area contributed by atoms with Gasteiger partial charge in [-0.2, -0.15) is 4.98 Å². The molecule has 2 saturated heterocycles. The molecule has 2 fully saturated rings. The van der Waals surface area contributed by atoms with Crippen molar-refractivity contribution in [3.63, 3.8) is 0 Å². The largest absolute Gasteiger partial charge is 0.472 e. The van der Waals surface area contributed by atoms with Crippen LogP contribution in [-0.2, 0) is 27.8 Å². The predicted octanol–water partition coefficient (Wildman–Crippen LogP) is -1.90. The number of nitrogens with two attached hydrogens (primary N) is 2. The Kier molecular flexibility index (Phi) is 7.67. The first-order valence-corrected chi connectivity index (χ1v) is 14.4. The number of nitrogens with one attached hydrogen (secondary N) is 1. The summed E-state index contributed by atoms with van der Waals surface area (Å²) in [7, 11) is -5.03. The van der Waals surface area contributed by atoms with E-state index in [1.807, 2.05) is 0 Å². The van der Waals surface area contributed by atoms with Crippen molar-refractivity contribution >= 4 is 41.8 Å². The van der Waals surface area contributed by atoms with Gasteiger partial charge >= 0.3 is 7.82 Å². The third-order valence-electron chi connectivity index (χ3n) is 7.05. The van der Waals surface area contributed by atoms with Crippen molar-refractivity contribution in [2.24, 2.45) is 0 Å². The summed E-state index contributed by atoms with van der Waals surface area (Å²) in [6, 6.07) is 1.65. The summed E-state index contributed by atoms with van der Waals surface area (Å²) in [5.74, 6) is -0.0243. The molecule has 6 rings (SSSR count). The molecule has 0 amide bonds. The van der Waals surface area contributed by atoms with Gasteiger partial charge in [0.15, 0.2) is 29.9 Å². The standard InChI is InChI=1S/C22H28N9O11P/c1-2-38-13-9(40-19(11(13)32)30-4-3-8-15(23)25-6-26-16(8)30)5-39-43(36,37)42-14-12(33)21(35)41-20(14)31-7-27-10-17(31)28-22(24)29-18(10)34/h3-4,6-7,9,11-14,19-21,32-33,35H,2,5H2,1H3,(H,36,37)(H2,23,25,26)(H3,24,28,29,34). The highest BCUT2D eigenvalue weighted by molar-refractivity contribution is 7.47. The lowest BCUT2D eigenvalue weighted by atomic mass is 10.1. The highest BCUT2D eigenvalue weighted by Gasteiger charge is 2.51. The number of anilines is 2. The van der Waals surface area contributed by atoms with Crippen LogP contribution in [0.1, 0.15) is 19.4 Å². The summed E-state index contributed by atoms with van der Waals surface area (Å²) in [5, 5.41) is 32.2. The van der Waals surface area contributed by atoms with Crippen molar-refractivity contribution in [2.45, 2.75) is 56.2 Å². The van der Waals surface area contributed by atoms with Gasteiger partial charge < -0.3 is 50.5 Å². The van der Waals surface area contributed by atoms with E-state index in [9.17, 15) is 29.6 Å². The van der Waals surface area contributed by atoms with Crippen LogP contribution in [0.3, 0.4) is 0 Å². The number of phosphoric acid groups is 1. The molecule has 0 saturated carbocycles. The summed E-state index contributed by atoms with van der Waals surface area (Å²) < 4.78 is 43.1. The number of aromatic amines is 1. The molecule has 9 unspecified atom stereocenters. The summed E-state index contributed by atoms with van der Waals surface area (Å²) in [6.45, 7) is 1.27. The van der Waals surface area contributed by atoms with Gasteiger partial charge in [0.05, 0.1) is 18.3 Å². The van der Waals surface area contributed by atoms with Gasteiger partial charge in [0.1, 0.15) is 48.3 Å².